The van der Waals surface area contributed by atoms with Crippen molar-refractivity contribution in [2.75, 3.05) is 11.9 Å². The lowest BCUT2D eigenvalue weighted by molar-refractivity contribution is -0.118. The zero-order valence-corrected chi connectivity index (χ0v) is 17.0. The fraction of sp³-hybridized carbons (Fsp3) is 0.227. The van der Waals surface area contributed by atoms with Gasteiger partial charge < -0.3 is 14.6 Å². The zero-order valence-electron chi connectivity index (χ0n) is 16.2. The van der Waals surface area contributed by atoms with Gasteiger partial charge in [0.15, 0.2) is 6.61 Å². The van der Waals surface area contributed by atoms with E-state index in [1.54, 1.807) is 18.2 Å². The molecule has 29 heavy (non-hydrogen) atoms. The fourth-order valence-electron chi connectivity index (χ4n) is 2.98. The monoisotopic (exact) mass is 412 g/mol. The van der Waals surface area contributed by atoms with E-state index in [1.807, 2.05) is 24.3 Å². The van der Waals surface area contributed by atoms with Gasteiger partial charge in [0.25, 0.3) is 5.91 Å². The predicted molar refractivity (Wildman–Crippen MR) is 111 cm³/mol. The summed E-state index contributed by atoms with van der Waals surface area (Å²) in [5, 5.41) is 3.89. The molecule has 1 amide bonds. The van der Waals surface area contributed by atoms with Gasteiger partial charge in [0.1, 0.15) is 15.9 Å². The molecule has 0 heterocycles. The maximum atomic E-state index is 12.3. The number of anilines is 1. The third-order valence-corrected chi connectivity index (χ3v) is 5.68. The lowest BCUT2D eigenvalue weighted by Gasteiger charge is -2.13. The molecule has 0 saturated heterocycles. The summed E-state index contributed by atoms with van der Waals surface area (Å²) in [4.78, 5) is 12.0. The van der Waals surface area contributed by atoms with Gasteiger partial charge in [-0.1, -0.05) is 44.2 Å². The second-order valence-corrected chi connectivity index (χ2v) is 8.24. The van der Waals surface area contributed by atoms with Gasteiger partial charge in [-0.3, -0.25) is 4.79 Å². The maximum absolute atomic E-state index is 12.3. The summed E-state index contributed by atoms with van der Waals surface area (Å²) >= 11 is 0. The summed E-state index contributed by atoms with van der Waals surface area (Å²) in [6.07, 6.45) is 1.04. The molecule has 0 fully saturated rings. The Kier molecular flexibility index (Phi) is 6.20. The number of rotatable bonds is 7. The van der Waals surface area contributed by atoms with Crippen molar-refractivity contribution in [1.82, 2.24) is 0 Å². The van der Waals surface area contributed by atoms with Gasteiger partial charge in [-0.15, -0.1) is 0 Å². The molecule has 0 radical (unpaired) electrons. The van der Waals surface area contributed by atoms with Gasteiger partial charge in [-0.2, -0.15) is 0 Å². The molecule has 152 valence electrons. The van der Waals surface area contributed by atoms with Crippen LogP contribution in [0.2, 0.25) is 0 Å². The first-order chi connectivity index (χ1) is 13.8. The molecule has 6 nitrogen and oxygen atoms in total. The molecule has 0 aliphatic carbocycles. The Morgan fingerprint density at radius 3 is 2.48 bits per heavy atom. The Balaban J connectivity index is 1.71. The third-order valence-electron chi connectivity index (χ3n) is 4.85. The molecule has 3 rings (SSSR count). The number of fused-ring (bicyclic) bond motifs is 1. The van der Waals surface area contributed by atoms with Gasteiger partial charge in [0, 0.05) is 11.1 Å². The smallest absolute Gasteiger partial charge is 0.262 e. The van der Waals surface area contributed by atoms with Gasteiger partial charge in [0.05, 0.1) is 4.90 Å². The van der Waals surface area contributed by atoms with Crippen LogP contribution in [-0.4, -0.2) is 25.5 Å². The van der Waals surface area contributed by atoms with E-state index < -0.39 is 10.1 Å². The van der Waals surface area contributed by atoms with Crippen molar-refractivity contribution in [3.05, 3.63) is 66.2 Å². The maximum Gasteiger partial charge on any atom is 0.262 e. The molecular weight excluding hydrogens is 390 g/mol. The number of ether oxygens (including phenoxy) is 1. The van der Waals surface area contributed by atoms with Crippen LogP contribution in [0.5, 0.6) is 5.75 Å². The number of benzene rings is 3. The molecule has 3 aromatic rings. The Bertz CT molecular complexity index is 1120. The third kappa shape index (κ3) is 5.13. The van der Waals surface area contributed by atoms with E-state index in [2.05, 4.69) is 19.2 Å². The highest BCUT2D eigenvalue weighted by Crippen LogP contribution is 2.26. The Hall–Kier alpha value is -2.90. The van der Waals surface area contributed by atoms with Gasteiger partial charge >= 0.3 is 0 Å². The highest BCUT2D eigenvalue weighted by atomic mass is 32.2. The highest BCUT2D eigenvalue weighted by molar-refractivity contribution is 7.85. The Labute approximate surface area is 170 Å². The van der Waals surface area contributed by atoms with Crippen LogP contribution in [0.15, 0.2) is 65.6 Å². The van der Waals surface area contributed by atoms with E-state index >= 15 is 0 Å². The molecule has 0 bridgehead atoms. The van der Waals surface area contributed by atoms with E-state index in [9.17, 15) is 17.8 Å². The van der Waals surface area contributed by atoms with Gasteiger partial charge in [0.2, 0.25) is 0 Å². The summed E-state index contributed by atoms with van der Waals surface area (Å²) in [6, 6.07) is 16.8. The fourth-order valence-corrected chi connectivity index (χ4v) is 3.48. The molecule has 7 heteroatoms. The second kappa shape index (κ2) is 8.63. The van der Waals surface area contributed by atoms with Gasteiger partial charge in [-0.05, 0) is 53.6 Å². The molecule has 1 atom stereocenters. The number of hydrogen-bond acceptors (Lipinski definition) is 5. The molecule has 0 aromatic heterocycles. The number of amides is 1. The van der Waals surface area contributed by atoms with Crippen molar-refractivity contribution >= 4 is 32.5 Å². The molecule has 1 unspecified atom stereocenters. The van der Waals surface area contributed by atoms with Crippen molar-refractivity contribution in [1.29, 1.82) is 0 Å². The van der Waals surface area contributed by atoms with E-state index in [-0.39, 0.29) is 17.4 Å². The minimum Gasteiger partial charge on any atom is -0.744 e. The number of carbonyl (C=O) groups excluding carboxylic acids is 1. The van der Waals surface area contributed by atoms with Crippen LogP contribution in [0, 0.1) is 0 Å². The Morgan fingerprint density at radius 1 is 1.10 bits per heavy atom. The molecule has 3 aromatic carbocycles. The summed E-state index contributed by atoms with van der Waals surface area (Å²) in [5.41, 5.74) is 1.62. The van der Waals surface area contributed by atoms with Crippen LogP contribution >= 0.6 is 0 Å². The predicted octanol–water partition coefficient (Wildman–Crippen LogP) is 4.27. The first-order valence-corrected chi connectivity index (χ1v) is 10.7. The molecular formula is C22H22NO5S-. The molecule has 0 aliphatic heterocycles. The van der Waals surface area contributed by atoms with Crippen molar-refractivity contribution in [2.24, 2.45) is 0 Å². The van der Waals surface area contributed by atoms with E-state index in [1.165, 1.54) is 23.8 Å². The molecule has 1 N–H and O–H groups in total. The average Bonchev–Trinajstić information content (AvgIpc) is 2.71. The van der Waals surface area contributed by atoms with Crippen molar-refractivity contribution < 1.29 is 22.5 Å². The van der Waals surface area contributed by atoms with E-state index in [0.29, 0.717) is 28.1 Å². The SMILES string of the molecule is CCC(C)c1ccc(OCC(=O)Nc2cccc3ccc(S(=O)(=O)[O-])cc23)cc1. The van der Waals surface area contributed by atoms with E-state index in [0.717, 1.165) is 6.42 Å². The van der Waals surface area contributed by atoms with Crippen molar-refractivity contribution in [2.45, 2.75) is 31.1 Å². The molecule has 0 spiro atoms. The largest absolute Gasteiger partial charge is 0.744 e. The van der Waals surface area contributed by atoms with E-state index in [4.69, 9.17) is 4.74 Å². The summed E-state index contributed by atoms with van der Waals surface area (Å²) in [5.74, 6) is 0.658. The normalized spacial score (nSPS) is 12.5. The van der Waals surface area contributed by atoms with Crippen molar-refractivity contribution in [3.8, 4) is 5.75 Å². The number of nitrogens with one attached hydrogen (secondary N) is 1. The van der Waals surface area contributed by atoms with Crippen LogP contribution in [0.1, 0.15) is 31.7 Å². The average molecular weight is 412 g/mol. The minimum absolute atomic E-state index is 0.196. The minimum atomic E-state index is -4.58. The highest BCUT2D eigenvalue weighted by Gasteiger charge is 2.10. The summed E-state index contributed by atoms with van der Waals surface area (Å²) in [6.45, 7) is 4.08. The van der Waals surface area contributed by atoms with Gasteiger partial charge in [-0.25, -0.2) is 8.42 Å². The molecule has 0 aliphatic rings. The van der Waals surface area contributed by atoms with Crippen LogP contribution in [0.25, 0.3) is 10.8 Å². The molecule has 0 saturated carbocycles. The van der Waals surface area contributed by atoms with Crippen LogP contribution in [0.4, 0.5) is 5.69 Å². The number of carbonyl (C=O) groups is 1. The first-order valence-electron chi connectivity index (χ1n) is 9.29. The van der Waals surface area contributed by atoms with Crippen LogP contribution in [-0.2, 0) is 14.9 Å². The first kappa shape index (κ1) is 20.8. The number of hydrogen-bond donors (Lipinski definition) is 1. The second-order valence-electron chi connectivity index (χ2n) is 6.86. The van der Waals surface area contributed by atoms with Crippen molar-refractivity contribution in [3.63, 3.8) is 0 Å². The topological polar surface area (TPSA) is 95.5 Å². The summed E-state index contributed by atoms with van der Waals surface area (Å²) in [7, 11) is -4.58. The zero-order chi connectivity index (χ0) is 21.0. The Morgan fingerprint density at radius 2 is 1.83 bits per heavy atom. The lowest BCUT2D eigenvalue weighted by atomic mass is 9.99. The quantitative estimate of drug-likeness (QED) is 0.585. The van der Waals surface area contributed by atoms with Crippen LogP contribution in [0.3, 0.4) is 0 Å². The summed E-state index contributed by atoms with van der Waals surface area (Å²) < 4.78 is 39.4. The van der Waals surface area contributed by atoms with Crippen LogP contribution < -0.4 is 10.1 Å². The lowest BCUT2D eigenvalue weighted by Crippen LogP contribution is -2.20. The standard InChI is InChI=1S/C22H23NO5S/c1-3-15(2)16-7-10-18(11-8-16)28-14-22(24)23-21-6-4-5-17-9-12-19(13-20(17)21)29(25,26)27/h4-13,15H,3,14H2,1-2H3,(H,23,24)(H,25,26,27)/p-1.